The highest BCUT2D eigenvalue weighted by Crippen LogP contribution is 2.35. The molecule has 0 saturated heterocycles. The Morgan fingerprint density at radius 3 is 2.44 bits per heavy atom. The zero-order chi connectivity index (χ0) is 13.3. The van der Waals surface area contributed by atoms with E-state index in [4.69, 9.17) is 33.7 Å². The summed E-state index contributed by atoms with van der Waals surface area (Å²) in [5.41, 5.74) is 6.14. The fourth-order valence-corrected chi connectivity index (χ4v) is 2.77. The Hall–Kier alpha value is -1.17. The highest BCUT2D eigenvalue weighted by Gasteiger charge is 2.19. The number of ether oxygens (including phenoxy) is 1. The zero-order valence-corrected chi connectivity index (χ0v) is 11.6. The third-order valence-electron chi connectivity index (χ3n) is 2.16. The molecule has 0 saturated carbocycles. The molecular formula is C11H8Cl2N2O2S. The van der Waals surface area contributed by atoms with Crippen LogP contribution in [-0.4, -0.2) is 18.2 Å². The number of nitrogens with two attached hydrogens (primary N) is 1. The second kappa shape index (κ2) is 5.22. The maximum atomic E-state index is 11.4. The highest BCUT2D eigenvalue weighted by molar-refractivity contribution is 8.18. The van der Waals surface area contributed by atoms with Gasteiger partial charge < -0.3 is 10.5 Å². The molecule has 0 aromatic heterocycles. The van der Waals surface area contributed by atoms with Gasteiger partial charge in [-0.1, -0.05) is 23.2 Å². The Bertz CT molecular complexity index is 561. The smallest absolute Gasteiger partial charge is 0.286 e. The molecule has 1 aromatic rings. The summed E-state index contributed by atoms with van der Waals surface area (Å²) in [6, 6.07) is 3.31. The predicted octanol–water partition coefficient (Wildman–Crippen LogP) is 2.93. The molecule has 0 bridgehead atoms. The van der Waals surface area contributed by atoms with E-state index < -0.39 is 0 Å². The van der Waals surface area contributed by atoms with Gasteiger partial charge in [-0.15, -0.1) is 0 Å². The Morgan fingerprint density at radius 1 is 1.39 bits per heavy atom. The first-order valence-corrected chi connectivity index (χ1v) is 6.39. The minimum atomic E-state index is -0.361. The van der Waals surface area contributed by atoms with E-state index in [2.05, 4.69) is 4.99 Å². The van der Waals surface area contributed by atoms with Crippen LogP contribution in [0.25, 0.3) is 6.08 Å². The van der Waals surface area contributed by atoms with Gasteiger partial charge in [0.2, 0.25) is 0 Å². The molecule has 1 heterocycles. The van der Waals surface area contributed by atoms with Crippen molar-refractivity contribution >= 4 is 52.1 Å². The second-order valence-corrected chi connectivity index (χ2v) is 5.26. The summed E-state index contributed by atoms with van der Waals surface area (Å²) < 4.78 is 5.04. The number of amidine groups is 1. The second-order valence-electron chi connectivity index (χ2n) is 3.38. The van der Waals surface area contributed by atoms with Crippen molar-refractivity contribution in [1.82, 2.24) is 0 Å². The number of halogens is 2. The molecule has 18 heavy (non-hydrogen) atoms. The Labute approximate surface area is 118 Å². The van der Waals surface area contributed by atoms with Crippen LogP contribution in [0.15, 0.2) is 22.0 Å². The Balaban J connectivity index is 2.37. The number of hydrogen-bond acceptors (Lipinski definition) is 4. The third-order valence-corrected chi connectivity index (χ3v) is 3.53. The quantitative estimate of drug-likeness (QED) is 0.853. The zero-order valence-electron chi connectivity index (χ0n) is 9.24. The standard InChI is InChI=1S/C11H8Cl2N2O2S/c1-17-9-6(12)2-5(3-7(9)13)4-8-10(16)15-11(14)18-8/h2-4H,1H3,(H2,14,15,16). The fraction of sp³-hybridized carbons (Fsp3) is 0.0909. The normalized spacial score (nSPS) is 17.2. The van der Waals surface area contributed by atoms with Crippen molar-refractivity contribution in [3.05, 3.63) is 32.6 Å². The van der Waals surface area contributed by atoms with Gasteiger partial charge in [0, 0.05) is 0 Å². The number of thioether (sulfide) groups is 1. The predicted molar refractivity (Wildman–Crippen MR) is 75.2 cm³/mol. The molecule has 0 fully saturated rings. The van der Waals surface area contributed by atoms with Gasteiger partial charge in [-0.25, -0.2) is 0 Å². The molecule has 0 spiro atoms. The highest BCUT2D eigenvalue weighted by atomic mass is 35.5. The summed E-state index contributed by atoms with van der Waals surface area (Å²) >= 11 is 13.1. The van der Waals surface area contributed by atoms with Gasteiger partial charge in [-0.2, -0.15) is 4.99 Å². The molecule has 1 aliphatic rings. The molecule has 4 nitrogen and oxygen atoms in total. The van der Waals surface area contributed by atoms with Crippen molar-refractivity contribution < 1.29 is 9.53 Å². The van der Waals surface area contributed by atoms with Crippen LogP contribution in [0, 0.1) is 0 Å². The van der Waals surface area contributed by atoms with Crippen LogP contribution in [0.3, 0.4) is 0 Å². The fourth-order valence-electron chi connectivity index (χ4n) is 1.43. The summed E-state index contributed by atoms with van der Waals surface area (Å²) in [5, 5.41) is 0.985. The minimum absolute atomic E-state index is 0.233. The molecule has 0 radical (unpaired) electrons. The van der Waals surface area contributed by atoms with Crippen LogP contribution >= 0.6 is 35.0 Å². The molecule has 1 amide bonds. The molecule has 7 heteroatoms. The number of benzene rings is 1. The molecular weight excluding hydrogens is 295 g/mol. The van der Waals surface area contributed by atoms with Gasteiger partial charge in [-0.05, 0) is 35.5 Å². The number of rotatable bonds is 2. The molecule has 1 aromatic carbocycles. The van der Waals surface area contributed by atoms with E-state index in [-0.39, 0.29) is 11.1 Å². The van der Waals surface area contributed by atoms with E-state index >= 15 is 0 Å². The Morgan fingerprint density at radius 2 is 2.00 bits per heavy atom. The first kappa shape index (κ1) is 13.3. The van der Waals surface area contributed by atoms with E-state index in [1.54, 1.807) is 18.2 Å². The summed E-state index contributed by atoms with van der Waals surface area (Å²) in [5.74, 6) is 0.0437. The summed E-state index contributed by atoms with van der Waals surface area (Å²) in [7, 11) is 1.48. The van der Waals surface area contributed by atoms with Crippen molar-refractivity contribution in [3.8, 4) is 5.75 Å². The van der Waals surface area contributed by atoms with Crippen molar-refractivity contribution in [3.63, 3.8) is 0 Å². The van der Waals surface area contributed by atoms with Crippen LogP contribution < -0.4 is 10.5 Å². The van der Waals surface area contributed by atoms with E-state index in [0.717, 1.165) is 11.8 Å². The van der Waals surface area contributed by atoms with Crippen LogP contribution in [0.5, 0.6) is 5.75 Å². The maximum absolute atomic E-state index is 11.4. The van der Waals surface area contributed by atoms with Crippen molar-refractivity contribution in [2.24, 2.45) is 10.7 Å². The van der Waals surface area contributed by atoms with Gasteiger partial charge in [0.05, 0.1) is 22.1 Å². The summed E-state index contributed by atoms with van der Waals surface area (Å²) in [6.07, 6.45) is 1.63. The summed E-state index contributed by atoms with van der Waals surface area (Å²) in [4.78, 5) is 15.5. The topological polar surface area (TPSA) is 64.7 Å². The number of hydrogen-bond donors (Lipinski definition) is 1. The van der Waals surface area contributed by atoms with E-state index in [9.17, 15) is 4.79 Å². The lowest BCUT2D eigenvalue weighted by atomic mass is 10.2. The van der Waals surface area contributed by atoms with E-state index in [1.807, 2.05) is 0 Å². The number of carbonyl (C=O) groups is 1. The SMILES string of the molecule is COc1c(Cl)cc(C=C2SC(N)=NC2=O)cc1Cl. The van der Waals surface area contributed by atoms with Crippen molar-refractivity contribution in [2.75, 3.05) is 7.11 Å². The lowest BCUT2D eigenvalue weighted by Crippen LogP contribution is -2.01. The Kier molecular flexibility index (Phi) is 3.85. The molecule has 94 valence electrons. The lowest BCUT2D eigenvalue weighted by Gasteiger charge is -2.06. The number of carbonyl (C=O) groups excluding carboxylic acids is 1. The van der Waals surface area contributed by atoms with Gasteiger partial charge in [0.1, 0.15) is 0 Å². The van der Waals surface area contributed by atoms with Crippen LogP contribution in [0.1, 0.15) is 5.56 Å². The monoisotopic (exact) mass is 302 g/mol. The van der Waals surface area contributed by atoms with Crippen molar-refractivity contribution in [2.45, 2.75) is 0 Å². The van der Waals surface area contributed by atoms with E-state index in [1.165, 1.54) is 7.11 Å². The molecule has 0 aliphatic carbocycles. The van der Waals surface area contributed by atoms with Crippen molar-refractivity contribution in [1.29, 1.82) is 0 Å². The molecule has 0 unspecified atom stereocenters. The molecule has 2 rings (SSSR count). The average Bonchev–Trinajstić information content (AvgIpc) is 2.57. The third kappa shape index (κ3) is 2.63. The first-order valence-electron chi connectivity index (χ1n) is 4.82. The van der Waals surface area contributed by atoms with Crippen LogP contribution in [0.4, 0.5) is 0 Å². The number of aliphatic imine (C=N–C) groups is 1. The number of amides is 1. The molecule has 1 aliphatic heterocycles. The largest absolute Gasteiger partial charge is 0.494 e. The van der Waals surface area contributed by atoms with Gasteiger partial charge >= 0.3 is 0 Å². The molecule has 2 N–H and O–H groups in total. The minimum Gasteiger partial charge on any atom is -0.494 e. The average molecular weight is 303 g/mol. The maximum Gasteiger partial charge on any atom is 0.286 e. The number of methoxy groups -OCH3 is 1. The summed E-state index contributed by atoms with van der Waals surface area (Å²) in [6.45, 7) is 0. The van der Waals surface area contributed by atoms with Gasteiger partial charge in [-0.3, -0.25) is 4.79 Å². The van der Waals surface area contributed by atoms with Gasteiger partial charge in [0.25, 0.3) is 5.91 Å². The lowest BCUT2D eigenvalue weighted by molar-refractivity contribution is -0.113. The van der Waals surface area contributed by atoms with Gasteiger partial charge in [0.15, 0.2) is 10.9 Å². The van der Waals surface area contributed by atoms with E-state index in [0.29, 0.717) is 26.3 Å². The molecule has 0 atom stereocenters. The van der Waals surface area contributed by atoms with Crippen LogP contribution in [-0.2, 0) is 4.79 Å². The number of nitrogens with zero attached hydrogens (tertiary/aromatic N) is 1. The first-order chi connectivity index (χ1) is 8.51. The van der Waals surface area contributed by atoms with Crippen LogP contribution in [0.2, 0.25) is 10.0 Å².